The summed E-state index contributed by atoms with van der Waals surface area (Å²) in [4.78, 5) is 14.2. The molecule has 0 spiro atoms. The Hall–Kier alpha value is -2.00. The number of nitrogens with zero attached hydrogens (tertiary/aromatic N) is 3. The van der Waals surface area contributed by atoms with Crippen LogP contribution in [0.15, 0.2) is 18.2 Å². The van der Waals surface area contributed by atoms with Gasteiger partial charge in [0.05, 0.1) is 5.25 Å². The first-order valence-electron chi connectivity index (χ1n) is 7.03. The van der Waals surface area contributed by atoms with Gasteiger partial charge in [-0.3, -0.25) is 4.79 Å². The summed E-state index contributed by atoms with van der Waals surface area (Å²) in [6.45, 7) is 0.864. The second-order valence-corrected chi connectivity index (χ2v) is 7.43. The zero-order chi connectivity index (χ0) is 15.7. The van der Waals surface area contributed by atoms with Crippen LogP contribution in [-0.2, 0) is 10.0 Å². The number of aromatic nitrogens is 3. The largest absolute Gasteiger partial charge is 0.339 e. The van der Waals surface area contributed by atoms with Gasteiger partial charge in [0.25, 0.3) is 5.91 Å². The van der Waals surface area contributed by atoms with E-state index in [-0.39, 0.29) is 5.91 Å². The van der Waals surface area contributed by atoms with Crippen molar-refractivity contribution < 1.29 is 13.2 Å². The van der Waals surface area contributed by atoms with Crippen LogP contribution in [0.1, 0.15) is 23.2 Å². The van der Waals surface area contributed by atoms with Gasteiger partial charge in [-0.25, -0.2) is 13.1 Å². The van der Waals surface area contributed by atoms with E-state index in [2.05, 4.69) is 20.1 Å². The minimum Gasteiger partial charge on any atom is -0.339 e. The fourth-order valence-corrected chi connectivity index (χ4v) is 3.86. The predicted octanol–water partition coefficient (Wildman–Crippen LogP) is 0.112. The van der Waals surface area contributed by atoms with Crippen LogP contribution < -0.4 is 4.72 Å². The molecule has 0 bridgehead atoms. The first kappa shape index (κ1) is 14.9. The van der Waals surface area contributed by atoms with Gasteiger partial charge < -0.3 is 4.90 Å². The second kappa shape index (κ2) is 5.65. The molecule has 1 saturated heterocycles. The minimum absolute atomic E-state index is 0.106. The Morgan fingerprint density at radius 2 is 1.95 bits per heavy atom. The Morgan fingerprint density at radius 1 is 1.27 bits per heavy atom. The molecule has 1 fully saturated rings. The number of aromatic amines is 1. The fraction of sp³-hybridized carbons (Fsp3) is 0.462. The van der Waals surface area contributed by atoms with Crippen molar-refractivity contribution in [2.45, 2.75) is 18.1 Å². The van der Waals surface area contributed by atoms with Gasteiger partial charge in [0, 0.05) is 18.7 Å². The lowest BCUT2D eigenvalue weighted by atomic mass is 10.1. The van der Waals surface area contributed by atoms with Gasteiger partial charge in [-0.1, -0.05) is 0 Å². The summed E-state index contributed by atoms with van der Waals surface area (Å²) >= 11 is 0. The van der Waals surface area contributed by atoms with Gasteiger partial charge in [0.2, 0.25) is 10.0 Å². The van der Waals surface area contributed by atoms with Crippen LogP contribution in [0.4, 0.5) is 0 Å². The Bertz CT molecular complexity index is 793. The Kier molecular flexibility index (Phi) is 3.83. The van der Waals surface area contributed by atoms with Crippen LogP contribution in [-0.4, -0.2) is 60.0 Å². The van der Waals surface area contributed by atoms with Crippen molar-refractivity contribution in [1.29, 1.82) is 0 Å². The lowest BCUT2D eigenvalue weighted by Crippen LogP contribution is -2.44. The zero-order valence-electron chi connectivity index (χ0n) is 12.1. The standard InChI is InChI=1S/C13H17N5O3S/c1-14-22(20,21)10-4-6-18(7-5-10)13(19)9-2-3-11-12(8-9)16-17-15-11/h2-3,8,10,14H,4-7H2,1H3,(H,15,16,17). The van der Waals surface area contributed by atoms with Gasteiger partial charge in [0.1, 0.15) is 11.0 Å². The normalized spacial score (nSPS) is 17.0. The van der Waals surface area contributed by atoms with Gasteiger partial charge in [-0.05, 0) is 38.1 Å². The number of sulfonamides is 1. The van der Waals surface area contributed by atoms with Gasteiger partial charge in [-0.2, -0.15) is 15.4 Å². The SMILES string of the molecule is CNS(=O)(=O)C1CCN(C(=O)c2ccc3n[nH]nc3c2)CC1. The number of H-pyrrole nitrogens is 1. The number of carbonyl (C=O) groups is 1. The highest BCUT2D eigenvalue weighted by Gasteiger charge is 2.30. The molecule has 0 saturated carbocycles. The van der Waals surface area contributed by atoms with Gasteiger partial charge in [-0.15, -0.1) is 0 Å². The van der Waals surface area contributed by atoms with Crippen LogP contribution in [0.5, 0.6) is 0 Å². The maximum Gasteiger partial charge on any atom is 0.253 e. The molecule has 118 valence electrons. The quantitative estimate of drug-likeness (QED) is 0.833. The molecule has 1 aliphatic rings. The van der Waals surface area contributed by atoms with E-state index < -0.39 is 15.3 Å². The molecule has 1 aliphatic heterocycles. The van der Waals surface area contributed by atoms with Crippen molar-refractivity contribution in [2.24, 2.45) is 0 Å². The van der Waals surface area contributed by atoms with Crippen LogP contribution in [0.3, 0.4) is 0 Å². The molecule has 3 rings (SSSR count). The summed E-state index contributed by atoms with van der Waals surface area (Å²) in [7, 11) is -1.85. The van der Waals surface area contributed by atoms with Gasteiger partial charge >= 0.3 is 0 Å². The molecule has 1 amide bonds. The number of hydrogen-bond donors (Lipinski definition) is 2. The lowest BCUT2D eigenvalue weighted by molar-refractivity contribution is 0.0725. The molecule has 2 heterocycles. The van der Waals surface area contributed by atoms with E-state index in [1.54, 1.807) is 23.1 Å². The van der Waals surface area contributed by atoms with E-state index in [4.69, 9.17) is 0 Å². The summed E-state index contributed by atoms with van der Waals surface area (Å²) in [5.41, 5.74) is 1.88. The highest BCUT2D eigenvalue weighted by molar-refractivity contribution is 7.90. The zero-order valence-corrected chi connectivity index (χ0v) is 12.9. The van der Waals surface area contributed by atoms with E-state index >= 15 is 0 Å². The smallest absolute Gasteiger partial charge is 0.253 e. The Morgan fingerprint density at radius 3 is 2.64 bits per heavy atom. The predicted molar refractivity (Wildman–Crippen MR) is 80.8 cm³/mol. The maximum atomic E-state index is 12.5. The lowest BCUT2D eigenvalue weighted by Gasteiger charge is -2.31. The van der Waals surface area contributed by atoms with Crippen molar-refractivity contribution in [1.82, 2.24) is 25.0 Å². The molecule has 1 aromatic heterocycles. The Balaban J connectivity index is 1.71. The minimum atomic E-state index is -3.27. The average molecular weight is 323 g/mol. The van der Waals surface area contributed by atoms with Gasteiger partial charge in [0.15, 0.2) is 0 Å². The molecule has 8 nitrogen and oxygen atoms in total. The third-order valence-electron chi connectivity index (χ3n) is 4.02. The molecule has 22 heavy (non-hydrogen) atoms. The summed E-state index contributed by atoms with van der Waals surface area (Å²) in [5.74, 6) is -0.106. The molecule has 1 aromatic carbocycles. The monoisotopic (exact) mass is 323 g/mol. The summed E-state index contributed by atoms with van der Waals surface area (Å²) < 4.78 is 25.9. The molecule has 0 atom stereocenters. The number of benzene rings is 1. The average Bonchev–Trinajstić information content (AvgIpc) is 3.02. The van der Waals surface area contributed by atoms with Crippen molar-refractivity contribution >= 4 is 27.0 Å². The first-order chi connectivity index (χ1) is 10.5. The molecule has 0 radical (unpaired) electrons. The van der Waals surface area contributed by atoms with E-state index in [1.165, 1.54) is 7.05 Å². The number of carbonyl (C=O) groups excluding carboxylic acids is 1. The van der Waals surface area contributed by atoms with Crippen LogP contribution in [0.2, 0.25) is 0 Å². The summed E-state index contributed by atoms with van der Waals surface area (Å²) in [5, 5.41) is 9.99. The molecular weight excluding hydrogens is 306 g/mol. The van der Waals surface area contributed by atoms with E-state index in [1.807, 2.05) is 0 Å². The number of rotatable bonds is 3. The molecule has 2 aromatic rings. The first-order valence-corrected chi connectivity index (χ1v) is 8.58. The molecule has 9 heteroatoms. The van der Waals surface area contributed by atoms with E-state index in [0.29, 0.717) is 42.5 Å². The molecule has 2 N–H and O–H groups in total. The Labute approximate surface area is 127 Å². The number of likely N-dealkylation sites (tertiary alicyclic amines) is 1. The number of hydrogen-bond acceptors (Lipinski definition) is 5. The second-order valence-electron chi connectivity index (χ2n) is 5.27. The van der Waals surface area contributed by atoms with E-state index in [0.717, 1.165) is 0 Å². The van der Waals surface area contributed by atoms with E-state index in [9.17, 15) is 13.2 Å². The highest BCUT2D eigenvalue weighted by atomic mass is 32.2. The molecular formula is C13H17N5O3S. The fourth-order valence-electron chi connectivity index (χ4n) is 2.69. The topological polar surface area (TPSA) is 108 Å². The van der Waals surface area contributed by atoms with Crippen LogP contribution >= 0.6 is 0 Å². The number of fused-ring (bicyclic) bond motifs is 1. The number of amides is 1. The van der Waals surface area contributed by atoms with Crippen LogP contribution in [0.25, 0.3) is 11.0 Å². The number of nitrogens with one attached hydrogen (secondary N) is 2. The van der Waals surface area contributed by atoms with Crippen molar-refractivity contribution in [2.75, 3.05) is 20.1 Å². The van der Waals surface area contributed by atoms with Crippen molar-refractivity contribution in [3.63, 3.8) is 0 Å². The van der Waals surface area contributed by atoms with Crippen molar-refractivity contribution in [3.05, 3.63) is 23.8 Å². The summed E-state index contributed by atoms with van der Waals surface area (Å²) in [6.07, 6.45) is 0.891. The maximum absolute atomic E-state index is 12.5. The third kappa shape index (κ3) is 2.69. The number of piperidine rings is 1. The third-order valence-corrected chi connectivity index (χ3v) is 5.93. The molecule has 0 unspecified atom stereocenters. The van der Waals surface area contributed by atoms with Crippen molar-refractivity contribution in [3.8, 4) is 0 Å². The highest BCUT2D eigenvalue weighted by Crippen LogP contribution is 2.20. The summed E-state index contributed by atoms with van der Waals surface area (Å²) in [6, 6.07) is 5.14. The van der Waals surface area contributed by atoms with Crippen LogP contribution in [0, 0.1) is 0 Å². The molecule has 0 aliphatic carbocycles.